The molecule has 1 aromatic carbocycles. The van der Waals surface area contributed by atoms with Crippen molar-refractivity contribution >= 4 is 16.1 Å². The molecule has 1 aliphatic rings. The van der Waals surface area contributed by atoms with E-state index in [2.05, 4.69) is 9.71 Å². The van der Waals surface area contributed by atoms with E-state index in [4.69, 9.17) is 9.47 Å². The van der Waals surface area contributed by atoms with Gasteiger partial charge in [0.15, 0.2) is 0 Å². The number of nitrogens with zero attached hydrogens (tertiary/aromatic N) is 1. The van der Waals surface area contributed by atoms with Gasteiger partial charge < -0.3 is 9.47 Å². The van der Waals surface area contributed by atoms with Crippen LogP contribution in [0.3, 0.4) is 0 Å². The summed E-state index contributed by atoms with van der Waals surface area (Å²) in [6.07, 6.45) is 3.34. The number of benzene rings is 1. The van der Waals surface area contributed by atoms with Gasteiger partial charge >= 0.3 is 0 Å². The molecule has 138 valence electrons. The topological polar surface area (TPSA) is 77.5 Å². The first-order chi connectivity index (χ1) is 12.5. The van der Waals surface area contributed by atoms with Gasteiger partial charge in [-0.05, 0) is 37.1 Å². The van der Waals surface area contributed by atoms with E-state index in [0.717, 1.165) is 11.3 Å². The molecule has 0 unspecified atom stereocenters. The maximum atomic E-state index is 12.4. The zero-order valence-electron chi connectivity index (χ0n) is 14.5. The van der Waals surface area contributed by atoms with Gasteiger partial charge in [-0.15, -0.1) is 0 Å². The Morgan fingerprint density at radius 3 is 2.77 bits per heavy atom. The van der Waals surface area contributed by atoms with Crippen LogP contribution in [0.25, 0.3) is 6.08 Å². The van der Waals surface area contributed by atoms with E-state index in [1.165, 1.54) is 5.41 Å². The minimum Gasteiger partial charge on any atom is -0.485 e. The predicted molar refractivity (Wildman–Crippen MR) is 100 cm³/mol. The monoisotopic (exact) mass is 374 g/mol. The van der Waals surface area contributed by atoms with E-state index in [1.807, 2.05) is 49.4 Å². The third kappa shape index (κ3) is 5.39. The molecule has 0 saturated carbocycles. The van der Waals surface area contributed by atoms with Gasteiger partial charge in [-0.25, -0.2) is 13.1 Å². The summed E-state index contributed by atoms with van der Waals surface area (Å²) >= 11 is 0. The van der Waals surface area contributed by atoms with Crippen LogP contribution in [0.1, 0.15) is 17.7 Å². The van der Waals surface area contributed by atoms with Crippen LogP contribution in [0.5, 0.6) is 5.75 Å². The van der Waals surface area contributed by atoms with Crippen LogP contribution in [-0.2, 0) is 14.8 Å². The number of hydrogen-bond acceptors (Lipinski definition) is 5. The van der Waals surface area contributed by atoms with E-state index in [0.29, 0.717) is 25.4 Å². The molecule has 1 aliphatic heterocycles. The number of pyridine rings is 1. The van der Waals surface area contributed by atoms with E-state index in [9.17, 15) is 8.42 Å². The molecule has 2 atom stereocenters. The van der Waals surface area contributed by atoms with Crippen LogP contribution in [0.4, 0.5) is 0 Å². The van der Waals surface area contributed by atoms with Crippen LogP contribution in [0.15, 0.2) is 54.1 Å². The van der Waals surface area contributed by atoms with Crippen molar-refractivity contribution in [1.29, 1.82) is 0 Å². The Labute approximate surface area is 153 Å². The molecule has 0 aliphatic carbocycles. The fourth-order valence-electron chi connectivity index (χ4n) is 2.64. The smallest absolute Gasteiger partial charge is 0.234 e. The van der Waals surface area contributed by atoms with Crippen LogP contribution >= 0.6 is 0 Å². The molecule has 0 spiro atoms. The number of ether oxygens (including phenoxy) is 2. The summed E-state index contributed by atoms with van der Waals surface area (Å²) in [6, 6.07) is 12.6. The molecule has 0 amide bonds. The SMILES string of the molecule is Cc1ccc(O[C@H]2COCC[C@H]2NS(=O)(=O)/C=C/c2ccccc2)cn1. The second kappa shape index (κ2) is 8.44. The van der Waals surface area contributed by atoms with E-state index in [1.54, 1.807) is 12.3 Å². The fourth-order valence-corrected chi connectivity index (χ4v) is 3.75. The van der Waals surface area contributed by atoms with E-state index >= 15 is 0 Å². The van der Waals surface area contributed by atoms with Gasteiger partial charge in [-0.3, -0.25) is 4.98 Å². The Balaban J connectivity index is 1.67. The molecule has 1 saturated heterocycles. The summed E-state index contributed by atoms with van der Waals surface area (Å²) in [5.74, 6) is 0.593. The minimum absolute atomic E-state index is 0.323. The highest BCUT2D eigenvalue weighted by molar-refractivity contribution is 7.92. The average molecular weight is 374 g/mol. The number of nitrogens with one attached hydrogen (secondary N) is 1. The first kappa shape index (κ1) is 18.6. The molecule has 26 heavy (non-hydrogen) atoms. The Kier molecular flexibility index (Phi) is 6.03. The molecule has 3 rings (SSSR count). The lowest BCUT2D eigenvalue weighted by atomic mass is 10.1. The summed E-state index contributed by atoms with van der Waals surface area (Å²) in [4.78, 5) is 4.19. The Hall–Kier alpha value is -2.22. The second-order valence-electron chi connectivity index (χ2n) is 6.14. The molecule has 0 radical (unpaired) electrons. The minimum atomic E-state index is -3.59. The lowest BCUT2D eigenvalue weighted by Gasteiger charge is -2.31. The van der Waals surface area contributed by atoms with E-state index in [-0.39, 0.29) is 6.04 Å². The highest BCUT2D eigenvalue weighted by Crippen LogP contribution is 2.18. The van der Waals surface area contributed by atoms with Crippen molar-refractivity contribution in [2.75, 3.05) is 13.2 Å². The number of rotatable bonds is 6. The van der Waals surface area contributed by atoms with E-state index < -0.39 is 16.1 Å². The molecule has 0 bridgehead atoms. The first-order valence-electron chi connectivity index (χ1n) is 8.44. The molecule has 2 aromatic rings. The van der Waals surface area contributed by atoms with Crippen molar-refractivity contribution < 1.29 is 17.9 Å². The largest absolute Gasteiger partial charge is 0.485 e. The molecular weight excluding hydrogens is 352 g/mol. The highest BCUT2D eigenvalue weighted by Gasteiger charge is 2.30. The molecular formula is C19H22N2O4S. The van der Waals surface area contributed by atoms with Crippen LogP contribution in [0, 0.1) is 6.92 Å². The number of hydrogen-bond donors (Lipinski definition) is 1. The molecule has 1 N–H and O–H groups in total. The Morgan fingerprint density at radius 2 is 2.04 bits per heavy atom. The van der Waals surface area contributed by atoms with Crippen molar-refractivity contribution in [3.8, 4) is 5.75 Å². The number of aryl methyl sites for hydroxylation is 1. The average Bonchev–Trinajstić information content (AvgIpc) is 2.64. The van der Waals surface area contributed by atoms with Gasteiger partial charge in [0.2, 0.25) is 10.0 Å². The maximum absolute atomic E-state index is 12.4. The van der Waals surface area contributed by atoms with Crippen molar-refractivity contribution in [1.82, 2.24) is 9.71 Å². The maximum Gasteiger partial charge on any atom is 0.234 e. The Bertz CT molecular complexity index is 836. The Morgan fingerprint density at radius 1 is 1.23 bits per heavy atom. The third-order valence-electron chi connectivity index (χ3n) is 4.03. The van der Waals surface area contributed by atoms with Crippen LogP contribution in [0.2, 0.25) is 0 Å². The second-order valence-corrected chi connectivity index (χ2v) is 7.74. The van der Waals surface area contributed by atoms with Gasteiger partial charge in [-0.1, -0.05) is 30.3 Å². The molecule has 1 aromatic heterocycles. The lowest BCUT2D eigenvalue weighted by molar-refractivity contribution is -0.00933. The van der Waals surface area contributed by atoms with Crippen molar-refractivity contribution in [2.45, 2.75) is 25.5 Å². The van der Waals surface area contributed by atoms with Gasteiger partial charge in [0.1, 0.15) is 11.9 Å². The number of aromatic nitrogens is 1. The van der Waals surface area contributed by atoms with Gasteiger partial charge in [0.25, 0.3) is 0 Å². The molecule has 6 nitrogen and oxygen atoms in total. The van der Waals surface area contributed by atoms with Gasteiger partial charge in [0.05, 0.1) is 18.8 Å². The van der Waals surface area contributed by atoms with Crippen LogP contribution < -0.4 is 9.46 Å². The molecule has 1 fully saturated rings. The third-order valence-corrected chi connectivity index (χ3v) is 5.16. The zero-order valence-corrected chi connectivity index (χ0v) is 15.4. The molecule has 2 heterocycles. The standard InChI is InChI=1S/C19H22N2O4S/c1-15-7-8-17(13-20-15)25-19-14-24-11-9-18(19)21-26(22,23)12-10-16-5-3-2-4-6-16/h2-8,10,12-13,18-19,21H,9,11,14H2,1H3/b12-10+/t18-,19+/m1/s1. The highest BCUT2D eigenvalue weighted by atomic mass is 32.2. The van der Waals surface area contributed by atoms with Gasteiger partial charge in [-0.2, -0.15) is 0 Å². The van der Waals surface area contributed by atoms with Crippen molar-refractivity contribution in [2.24, 2.45) is 0 Å². The van der Waals surface area contributed by atoms with Crippen molar-refractivity contribution in [3.63, 3.8) is 0 Å². The van der Waals surface area contributed by atoms with Crippen LogP contribution in [-0.4, -0.2) is 38.8 Å². The lowest BCUT2D eigenvalue weighted by Crippen LogP contribution is -2.50. The summed E-state index contributed by atoms with van der Waals surface area (Å²) in [5.41, 5.74) is 1.71. The first-order valence-corrected chi connectivity index (χ1v) is 9.99. The quantitative estimate of drug-likeness (QED) is 0.841. The molecule has 7 heteroatoms. The number of sulfonamides is 1. The van der Waals surface area contributed by atoms with Gasteiger partial charge in [0, 0.05) is 17.7 Å². The predicted octanol–water partition coefficient (Wildman–Crippen LogP) is 2.52. The summed E-state index contributed by atoms with van der Waals surface area (Å²) in [6.45, 7) is 2.70. The normalized spacial score (nSPS) is 21.0. The summed E-state index contributed by atoms with van der Waals surface area (Å²) in [7, 11) is -3.59. The summed E-state index contributed by atoms with van der Waals surface area (Å²) in [5, 5.41) is 1.18. The fraction of sp³-hybridized carbons (Fsp3) is 0.316. The van der Waals surface area contributed by atoms with Crippen molar-refractivity contribution in [3.05, 3.63) is 65.3 Å². The zero-order chi connectivity index (χ0) is 18.4. The summed E-state index contributed by atoms with van der Waals surface area (Å²) < 4.78 is 38.9.